The molecular weight excluding hydrogens is 777 g/mol. The van der Waals surface area contributed by atoms with E-state index in [0.29, 0.717) is 25.8 Å². The van der Waals surface area contributed by atoms with Gasteiger partial charge in [0.1, 0.15) is 30.5 Å². The minimum absolute atomic E-state index is 0.146. The van der Waals surface area contributed by atoms with Gasteiger partial charge in [0.25, 0.3) is 0 Å². The van der Waals surface area contributed by atoms with E-state index in [4.69, 9.17) is 9.47 Å². The summed E-state index contributed by atoms with van der Waals surface area (Å²) in [5.74, 6) is -0.154. The molecule has 0 radical (unpaired) electrons. The Kier molecular flexibility index (Phi) is 37.9. The van der Waals surface area contributed by atoms with Crippen molar-refractivity contribution in [2.45, 2.75) is 281 Å². The van der Waals surface area contributed by atoms with Crippen molar-refractivity contribution in [3.63, 3.8) is 0 Å². The molecule has 0 bridgehead atoms. The fraction of sp³-hybridized carbons (Fsp3) is 0.959. The van der Waals surface area contributed by atoms with E-state index in [0.717, 1.165) is 70.6 Å². The van der Waals surface area contributed by atoms with Gasteiger partial charge in [0.15, 0.2) is 6.29 Å². The van der Waals surface area contributed by atoms with E-state index in [-0.39, 0.29) is 24.8 Å². The van der Waals surface area contributed by atoms with E-state index in [2.05, 4.69) is 24.5 Å². The Morgan fingerprint density at radius 1 is 0.541 bits per heavy atom. The Labute approximate surface area is 372 Å². The van der Waals surface area contributed by atoms with Gasteiger partial charge in [0.05, 0.1) is 25.4 Å². The van der Waals surface area contributed by atoms with E-state index >= 15 is 0 Å². The molecule has 1 rings (SSSR count). The van der Waals surface area contributed by atoms with Crippen molar-refractivity contribution >= 4 is 11.8 Å². The van der Waals surface area contributed by atoms with Crippen LogP contribution >= 0.6 is 0 Å². The van der Waals surface area contributed by atoms with Crippen LogP contribution in [0.3, 0.4) is 0 Å². The maximum absolute atomic E-state index is 13.0. The summed E-state index contributed by atoms with van der Waals surface area (Å²) in [5.41, 5.74) is 0. The second kappa shape index (κ2) is 40.2. The Balaban J connectivity index is 2.30. The SMILES string of the molecule is CCCCCCCCCCCCCCCC(=O)NCCCCCCCCC(=O)NC(CO[C@H]1O[C@H](CO)[C@H](O)[C@H](O)[C@H]1O)C(O)C(O)CCCCCCCCCCCCCC. The van der Waals surface area contributed by atoms with Crippen LogP contribution in [-0.4, -0.2) is 111 Å². The monoisotopic (exact) mass is 873 g/mol. The summed E-state index contributed by atoms with van der Waals surface area (Å²) in [6.07, 6.45) is 27.8. The summed E-state index contributed by atoms with van der Waals surface area (Å²) in [5, 5.41) is 68.2. The first-order valence-corrected chi connectivity index (χ1v) is 25.5. The lowest BCUT2D eigenvalue weighted by molar-refractivity contribution is -0.303. The number of hydrogen-bond acceptors (Lipinski definition) is 10. The molecule has 1 aliphatic heterocycles. The number of ether oxygens (including phenoxy) is 2. The fourth-order valence-corrected chi connectivity index (χ4v) is 8.28. The third-order valence-electron chi connectivity index (χ3n) is 12.5. The van der Waals surface area contributed by atoms with Gasteiger partial charge in [0, 0.05) is 19.4 Å². The number of carbonyl (C=O) groups excluding carboxylic acids is 2. The summed E-state index contributed by atoms with van der Waals surface area (Å²) in [6, 6.07) is -1.02. The highest BCUT2D eigenvalue weighted by Gasteiger charge is 2.44. The zero-order valence-electron chi connectivity index (χ0n) is 39.1. The molecule has 0 aromatic carbocycles. The Hall–Kier alpha value is -1.38. The zero-order chi connectivity index (χ0) is 44.8. The van der Waals surface area contributed by atoms with Crippen LogP contribution in [0.15, 0.2) is 0 Å². The minimum Gasteiger partial charge on any atom is -0.394 e. The molecular formula is C49H96N2O10. The molecule has 0 aromatic heterocycles. The van der Waals surface area contributed by atoms with Crippen LogP contribution in [0.1, 0.15) is 232 Å². The second-order valence-electron chi connectivity index (χ2n) is 18.2. The molecule has 2 amide bonds. The highest BCUT2D eigenvalue weighted by atomic mass is 16.7. The van der Waals surface area contributed by atoms with Crippen LogP contribution in [0, 0.1) is 0 Å². The predicted octanol–water partition coefficient (Wildman–Crippen LogP) is 8.43. The van der Waals surface area contributed by atoms with Gasteiger partial charge in [0.2, 0.25) is 11.8 Å². The summed E-state index contributed by atoms with van der Waals surface area (Å²) < 4.78 is 11.1. The van der Waals surface area contributed by atoms with Crippen LogP contribution in [0.2, 0.25) is 0 Å². The molecule has 1 fully saturated rings. The average Bonchev–Trinajstić information content (AvgIpc) is 3.25. The molecule has 8 atom stereocenters. The van der Waals surface area contributed by atoms with Crippen molar-refractivity contribution < 1.29 is 49.7 Å². The highest BCUT2D eigenvalue weighted by molar-refractivity contribution is 5.76. The first-order chi connectivity index (χ1) is 29.7. The van der Waals surface area contributed by atoms with Gasteiger partial charge in [-0.05, 0) is 25.7 Å². The molecule has 61 heavy (non-hydrogen) atoms. The predicted molar refractivity (Wildman–Crippen MR) is 245 cm³/mol. The quantitative estimate of drug-likeness (QED) is 0.0275. The molecule has 0 aromatic rings. The van der Waals surface area contributed by atoms with E-state index in [1.54, 1.807) is 0 Å². The van der Waals surface area contributed by atoms with Crippen molar-refractivity contribution in [2.24, 2.45) is 0 Å². The first-order valence-electron chi connectivity index (χ1n) is 25.5. The normalized spacial score (nSPS) is 20.7. The van der Waals surface area contributed by atoms with Crippen LogP contribution in [0.4, 0.5) is 0 Å². The number of carbonyl (C=O) groups is 2. The van der Waals surface area contributed by atoms with Crippen molar-refractivity contribution in [3.8, 4) is 0 Å². The third-order valence-corrected chi connectivity index (χ3v) is 12.5. The summed E-state index contributed by atoms with van der Waals surface area (Å²) in [6.45, 7) is 4.25. The largest absolute Gasteiger partial charge is 0.394 e. The minimum atomic E-state index is -1.62. The standard InChI is InChI=1S/C49H96N2O10/c1-3-5-7-9-11-13-15-17-19-21-23-27-31-35-43(54)50-37-33-29-25-24-28-32-36-44(55)51-40(39-60-49-48(59)47(58)46(57)42(38-52)61-49)45(56)41(53)34-30-26-22-20-18-16-14-12-10-8-6-4-2/h40-42,45-49,52-53,56-59H,3-39H2,1-2H3,(H,50,54)(H,51,55)/t40?,41?,42-,45?,46+,47+,48-,49+/m1/s1. The molecule has 8 N–H and O–H groups in total. The molecule has 0 aliphatic carbocycles. The molecule has 1 saturated heterocycles. The van der Waals surface area contributed by atoms with Gasteiger partial charge < -0.3 is 50.7 Å². The number of aliphatic hydroxyl groups is 6. The first kappa shape index (κ1) is 57.6. The number of aliphatic hydroxyl groups excluding tert-OH is 6. The summed E-state index contributed by atoms with van der Waals surface area (Å²) in [4.78, 5) is 25.3. The zero-order valence-corrected chi connectivity index (χ0v) is 39.1. The molecule has 1 heterocycles. The van der Waals surface area contributed by atoms with E-state index in [1.165, 1.54) is 122 Å². The fourth-order valence-electron chi connectivity index (χ4n) is 8.28. The van der Waals surface area contributed by atoms with Crippen molar-refractivity contribution in [3.05, 3.63) is 0 Å². The van der Waals surface area contributed by atoms with E-state index in [9.17, 15) is 40.2 Å². The lowest BCUT2D eigenvalue weighted by Crippen LogP contribution is -2.60. The highest BCUT2D eigenvalue weighted by Crippen LogP contribution is 2.23. The Morgan fingerprint density at radius 2 is 0.951 bits per heavy atom. The maximum Gasteiger partial charge on any atom is 0.220 e. The number of unbranched alkanes of at least 4 members (excludes halogenated alkanes) is 28. The smallest absolute Gasteiger partial charge is 0.220 e. The lowest BCUT2D eigenvalue weighted by Gasteiger charge is -2.40. The van der Waals surface area contributed by atoms with Crippen LogP contribution in [0.25, 0.3) is 0 Å². The van der Waals surface area contributed by atoms with Gasteiger partial charge in [-0.25, -0.2) is 0 Å². The molecule has 3 unspecified atom stereocenters. The average molecular weight is 873 g/mol. The molecule has 0 saturated carbocycles. The van der Waals surface area contributed by atoms with Crippen molar-refractivity contribution in [2.75, 3.05) is 19.8 Å². The van der Waals surface area contributed by atoms with Gasteiger partial charge >= 0.3 is 0 Å². The van der Waals surface area contributed by atoms with Crippen LogP contribution in [0.5, 0.6) is 0 Å². The van der Waals surface area contributed by atoms with E-state index in [1.807, 2.05) is 0 Å². The number of nitrogens with one attached hydrogen (secondary N) is 2. The van der Waals surface area contributed by atoms with Gasteiger partial charge in [-0.15, -0.1) is 0 Å². The second-order valence-corrected chi connectivity index (χ2v) is 18.2. The maximum atomic E-state index is 13.0. The number of amides is 2. The number of hydrogen-bond donors (Lipinski definition) is 8. The lowest BCUT2D eigenvalue weighted by atomic mass is 9.98. The van der Waals surface area contributed by atoms with Gasteiger partial charge in [-0.2, -0.15) is 0 Å². The number of rotatable bonds is 43. The Morgan fingerprint density at radius 3 is 1.41 bits per heavy atom. The summed E-state index contributed by atoms with van der Waals surface area (Å²) in [7, 11) is 0. The molecule has 362 valence electrons. The van der Waals surface area contributed by atoms with Gasteiger partial charge in [-0.3, -0.25) is 9.59 Å². The Bertz CT molecular complexity index is 1010. The summed E-state index contributed by atoms with van der Waals surface area (Å²) >= 11 is 0. The molecule has 12 nitrogen and oxygen atoms in total. The van der Waals surface area contributed by atoms with Crippen molar-refractivity contribution in [1.82, 2.24) is 10.6 Å². The van der Waals surface area contributed by atoms with Gasteiger partial charge in [-0.1, -0.05) is 194 Å². The topological polar surface area (TPSA) is 198 Å². The molecule has 1 aliphatic rings. The molecule has 0 spiro atoms. The van der Waals surface area contributed by atoms with E-state index < -0.39 is 55.6 Å². The van der Waals surface area contributed by atoms with Crippen LogP contribution < -0.4 is 10.6 Å². The van der Waals surface area contributed by atoms with Crippen LogP contribution in [-0.2, 0) is 19.1 Å². The van der Waals surface area contributed by atoms with Crippen molar-refractivity contribution in [1.29, 1.82) is 0 Å². The third kappa shape index (κ3) is 30.4. The molecule has 12 heteroatoms.